The van der Waals surface area contributed by atoms with Crippen LogP contribution in [0.2, 0.25) is 0 Å². The number of thioether (sulfide) groups is 1. The number of non-ortho nitro benzene ring substituents is 1. The topological polar surface area (TPSA) is 103 Å². The van der Waals surface area contributed by atoms with Crippen molar-refractivity contribution in [2.75, 3.05) is 13.2 Å². The van der Waals surface area contributed by atoms with Crippen LogP contribution in [-0.2, 0) is 4.79 Å². The summed E-state index contributed by atoms with van der Waals surface area (Å²) in [7, 11) is 0. The van der Waals surface area contributed by atoms with Gasteiger partial charge in [0.2, 0.25) is 0 Å². The Balaban J connectivity index is 1.26. The Bertz CT molecular complexity index is 1540. The zero-order valence-corrected chi connectivity index (χ0v) is 20.0. The van der Waals surface area contributed by atoms with Gasteiger partial charge in [-0.3, -0.25) is 24.6 Å². The van der Waals surface area contributed by atoms with E-state index in [4.69, 9.17) is 9.15 Å². The van der Waals surface area contributed by atoms with E-state index in [1.807, 2.05) is 42.5 Å². The molecule has 0 radical (unpaired) electrons. The van der Waals surface area contributed by atoms with Gasteiger partial charge in [0.25, 0.3) is 16.8 Å². The molecule has 1 aliphatic heterocycles. The van der Waals surface area contributed by atoms with Gasteiger partial charge < -0.3 is 9.15 Å². The molecule has 0 unspecified atom stereocenters. The molecule has 3 aromatic carbocycles. The molecule has 2 amide bonds. The number of imide groups is 1. The molecular weight excluding hydrogens is 480 g/mol. The average molecular weight is 501 g/mol. The summed E-state index contributed by atoms with van der Waals surface area (Å²) in [6.45, 7) is 2.05. The second kappa shape index (κ2) is 9.71. The molecule has 1 aromatic heterocycles. The van der Waals surface area contributed by atoms with E-state index in [2.05, 4.69) is 0 Å². The van der Waals surface area contributed by atoms with Gasteiger partial charge in [-0.05, 0) is 53.9 Å². The number of amides is 2. The van der Waals surface area contributed by atoms with Crippen LogP contribution in [0.4, 0.5) is 10.5 Å². The van der Waals surface area contributed by atoms with Gasteiger partial charge in [-0.1, -0.05) is 36.4 Å². The van der Waals surface area contributed by atoms with Crippen LogP contribution in [0.5, 0.6) is 5.75 Å². The van der Waals surface area contributed by atoms with Crippen LogP contribution in [0, 0.1) is 17.0 Å². The molecule has 0 aliphatic carbocycles. The zero-order valence-electron chi connectivity index (χ0n) is 19.2. The van der Waals surface area contributed by atoms with Crippen molar-refractivity contribution < 1.29 is 23.7 Å². The van der Waals surface area contributed by atoms with Gasteiger partial charge in [0.1, 0.15) is 23.9 Å². The third-order valence-electron chi connectivity index (χ3n) is 5.78. The summed E-state index contributed by atoms with van der Waals surface area (Å²) in [4.78, 5) is 37.3. The van der Waals surface area contributed by atoms with E-state index in [0.29, 0.717) is 28.4 Å². The Morgan fingerprint density at radius 1 is 1.06 bits per heavy atom. The van der Waals surface area contributed by atoms with Gasteiger partial charge in [0.15, 0.2) is 0 Å². The number of rotatable bonds is 7. The fraction of sp³-hybridized carbons (Fsp3) is 0.111. The molecule has 0 spiro atoms. The first-order valence-corrected chi connectivity index (χ1v) is 11.9. The molecule has 0 N–H and O–H groups in total. The van der Waals surface area contributed by atoms with E-state index >= 15 is 0 Å². The monoisotopic (exact) mass is 500 g/mol. The second-order valence-electron chi connectivity index (χ2n) is 8.12. The second-order valence-corrected chi connectivity index (χ2v) is 9.11. The van der Waals surface area contributed by atoms with Crippen molar-refractivity contribution in [1.82, 2.24) is 4.90 Å². The number of fused-ring (bicyclic) bond motifs is 1. The van der Waals surface area contributed by atoms with E-state index in [1.165, 1.54) is 18.2 Å². The molecule has 0 saturated carbocycles. The van der Waals surface area contributed by atoms with Crippen LogP contribution in [0.1, 0.15) is 11.3 Å². The third kappa shape index (κ3) is 4.60. The number of hydrogen-bond donors (Lipinski definition) is 0. The number of nitro groups is 1. The maximum absolute atomic E-state index is 12.9. The van der Waals surface area contributed by atoms with Crippen molar-refractivity contribution in [3.8, 4) is 17.1 Å². The van der Waals surface area contributed by atoms with Gasteiger partial charge >= 0.3 is 0 Å². The van der Waals surface area contributed by atoms with Crippen LogP contribution in [0.25, 0.3) is 28.2 Å². The molecule has 9 heteroatoms. The number of hydrogen-bond acceptors (Lipinski definition) is 7. The first kappa shape index (κ1) is 23.4. The minimum absolute atomic E-state index is 0.00105. The van der Waals surface area contributed by atoms with Gasteiger partial charge in [-0.2, -0.15) is 0 Å². The number of nitrogens with zero attached hydrogens (tertiary/aromatic N) is 2. The Morgan fingerprint density at radius 3 is 2.67 bits per heavy atom. The summed E-state index contributed by atoms with van der Waals surface area (Å²) in [5.74, 6) is 1.20. The predicted octanol–water partition coefficient (Wildman–Crippen LogP) is 6.43. The van der Waals surface area contributed by atoms with Crippen molar-refractivity contribution >= 4 is 45.4 Å². The minimum Gasteiger partial charge on any atom is -0.491 e. The fourth-order valence-corrected chi connectivity index (χ4v) is 4.85. The van der Waals surface area contributed by atoms with Crippen LogP contribution in [0.3, 0.4) is 0 Å². The lowest BCUT2D eigenvalue weighted by molar-refractivity contribution is -0.384. The summed E-state index contributed by atoms with van der Waals surface area (Å²) in [5, 5.41) is 12.6. The largest absolute Gasteiger partial charge is 0.491 e. The van der Waals surface area contributed by atoms with E-state index in [-0.39, 0.29) is 29.0 Å². The Morgan fingerprint density at radius 2 is 1.86 bits per heavy atom. The van der Waals surface area contributed by atoms with Crippen molar-refractivity contribution in [2.24, 2.45) is 0 Å². The molecule has 0 atom stereocenters. The lowest BCUT2D eigenvalue weighted by Crippen LogP contribution is -2.32. The first-order chi connectivity index (χ1) is 17.4. The smallest absolute Gasteiger partial charge is 0.293 e. The van der Waals surface area contributed by atoms with Gasteiger partial charge in [0, 0.05) is 29.2 Å². The summed E-state index contributed by atoms with van der Waals surface area (Å²) in [6, 6.07) is 21.5. The molecule has 1 saturated heterocycles. The van der Waals surface area contributed by atoms with Crippen LogP contribution in [-0.4, -0.2) is 34.1 Å². The Hall–Kier alpha value is -4.37. The summed E-state index contributed by atoms with van der Waals surface area (Å²) >= 11 is 0.847. The minimum atomic E-state index is -0.451. The zero-order chi connectivity index (χ0) is 25.2. The number of furan rings is 1. The van der Waals surface area contributed by atoms with Crippen LogP contribution >= 0.6 is 11.8 Å². The highest BCUT2D eigenvalue weighted by Crippen LogP contribution is 2.34. The van der Waals surface area contributed by atoms with Crippen molar-refractivity contribution in [1.29, 1.82) is 0 Å². The summed E-state index contributed by atoms with van der Waals surface area (Å²) in [6.07, 6.45) is 1.53. The van der Waals surface area contributed by atoms with E-state index in [0.717, 1.165) is 27.4 Å². The van der Waals surface area contributed by atoms with E-state index < -0.39 is 10.8 Å². The highest BCUT2D eigenvalue weighted by atomic mass is 32.2. The first-order valence-electron chi connectivity index (χ1n) is 11.1. The number of carbonyl (C=O) groups excluding carboxylic acids is 2. The lowest BCUT2D eigenvalue weighted by Gasteiger charge is -2.14. The number of nitro benzene ring substituents is 1. The van der Waals surface area contributed by atoms with E-state index in [1.54, 1.807) is 25.1 Å². The lowest BCUT2D eigenvalue weighted by atomic mass is 10.1. The number of aryl methyl sites for hydroxylation is 1. The van der Waals surface area contributed by atoms with E-state index in [9.17, 15) is 19.7 Å². The normalized spacial score (nSPS) is 14.7. The number of ether oxygens (including phenoxy) is 1. The molecule has 5 rings (SSSR count). The molecule has 8 nitrogen and oxygen atoms in total. The van der Waals surface area contributed by atoms with Crippen molar-refractivity contribution in [2.45, 2.75) is 6.92 Å². The SMILES string of the molecule is Cc1cc([N+](=O)[O-])ccc1-c1ccc(/C=C2\SC(=O)N(CCOc3cccc4ccccc34)C2=O)o1. The molecule has 4 aromatic rings. The van der Waals surface area contributed by atoms with Crippen molar-refractivity contribution in [3.05, 3.63) is 99.1 Å². The molecule has 2 heterocycles. The summed E-state index contributed by atoms with van der Waals surface area (Å²) in [5.41, 5.74) is 1.40. The van der Waals surface area contributed by atoms with Gasteiger partial charge in [0.05, 0.1) is 16.4 Å². The number of carbonyl (C=O) groups is 2. The molecule has 0 bridgehead atoms. The van der Waals surface area contributed by atoms with Gasteiger partial charge in [-0.25, -0.2) is 0 Å². The quantitative estimate of drug-likeness (QED) is 0.164. The average Bonchev–Trinajstić information content (AvgIpc) is 3.43. The highest BCUT2D eigenvalue weighted by Gasteiger charge is 2.35. The fourth-order valence-electron chi connectivity index (χ4n) is 4.00. The van der Waals surface area contributed by atoms with Gasteiger partial charge in [-0.15, -0.1) is 0 Å². The van der Waals surface area contributed by atoms with Crippen molar-refractivity contribution in [3.63, 3.8) is 0 Å². The Kier molecular flexibility index (Phi) is 6.30. The number of benzene rings is 3. The standard InChI is InChI=1S/C27H20N2O6S/c1-17-15-19(29(32)33)9-11-21(17)24-12-10-20(35-24)16-25-26(30)28(27(31)36-25)13-14-34-23-8-4-6-18-5-2-3-7-22(18)23/h2-12,15-16H,13-14H2,1H3/b25-16-. The Labute approximate surface area is 210 Å². The maximum atomic E-state index is 12.9. The molecule has 36 heavy (non-hydrogen) atoms. The molecule has 1 fully saturated rings. The molecule has 180 valence electrons. The van der Waals surface area contributed by atoms with Crippen LogP contribution < -0.4 is 4.74 Å². The van der Waals surface area contributed by atoms with Crippen LogP contribution in [0.15, 0.2) is 82.1 Å². The summed E-state index contributed by atoms with van der Waals surface area (Å²) < 4.78 is 11.7. The highest BCUT2D eigenvalue weighted by molar-refractivity contribution is 8.18. The third-order valence-corrected chi connectivity index (χ3v) is 6.69. The maximum Gasteiger partial charge on any atom is 0.293 e. The predicted molar refractivity (Wildman–Crippen MR) is 138 cm³/mol. The molecular formula is C27H20N2O6S. The molecule has 1 aliphatic rings.